The molecule has 0 aliphatic carbocycles. The molecule has 1 saturated heterocycles. The summed E-state index contributed by atoms with van der Waals surface area (Å²) >= 11 is 1.37. The highest BCUT2D eigenvalue weighted by Gasteiger charge is 2.18. The Bertz CT molecular complexity index is 797. The fourth-order valence-electron chi connectivity index (χ4n) is 2.99. The van der Waals surface area contributed by atoms with Crippen LogP contribution in [0, 0.1) is 13.8 Å². The van der Waals surface area contributed by atoms with E-state index in [0.29, 0.717) is 0 Å². The first-order chi connectivity index (χ1) is 12.5. The molecule has 0 spiro atoms. The summed E-state index contributed by atoms with van der Waals surface area (Å²) in [7, 11) is 0. The van der Waals surface area contributed by atoms with Crippen LogP contribution in [0.15, 0.2) is 35.7 Å². The van der Waals surface area contributed by atoms with Crippen molar-refractivity contribution in [2.45, 2.75) is 31.8 Å². The van der Waals surface area contributed by atoms with Crippen molar-refractivity contribution in [1.29, 1.82) is 0 Å². The zero-order valence-electron chi connectivity index (χ0n) is 15.2. The molecule has 1 aliphatic heterocycles. The van der Waals surface area contributed by atoms with E-state index in [1.54, 1.807) is 11.1 Å². The number of nitrogens with zero attached hydrogens (tertiary/aromatic N) is 3. The van der Waals surface area contributed by atoms with Crippen LogP contribution in [0.2, 0.25) is 0 Å². The van der Waals surface area contributed by atoms with Gasteiger partial charge < -0.3 is 10.2 Å². The predicted octanol–water partition coefficient (Wildman–Crippen LogP) is 2.32. The van der Waals surface area contributed by atoms with E-state index in [-0.39, 0.29) is 24.1 Å². The standard InChI is InChI=1S/C19H24N4O2S/c1-14-5-6-15(2)16(11-14)23-10-7-20-19(23)26-13-17(24)21-12-18(25)22-8-3-4-9-22/h5-7,10-11H,3-4,8-9,12-13H2,1-2H3,(H,21,24). The Balaban J connectivity index is 1.55. The van der Waals surface area contributed by atoms with Crippen LogP contribution < -0.4 is 5.32 Å². The number of carbonyl (C=O) groups is 2. The number of nitrogens with one attached hydrogen (secondary N) is 1. The normalized spacial score (nSPS) is 13.8. The highest BCUT2D eigenvalue weighted by molar-refractivity contribution is 7.99. The number of likely N-dealkylation sites (tertiary alicyclic amines) is 1. The lowest BCUT2D eigenvalue weighted by Gasteiger charge is -2.15. The first-order valence-corrected chi connectivity index (χ1v) is 9.81. The Labute approximate surface area is 158 Å². The van der Waals surface area contributed by atoms with Crippen molar-refractivity contribution < 1.29 is 9.59 Å². The van der Waals surface area contributed by atoms with Crippen molar-refractivity contribution in [3.8, 4) is 5.69 Å². The maximum Gasteiger partial charge on any atom is 0.241 e. The molecule has 138 valence electrons. The van der Waals surface area contributed by atoms with Gasteiger partial charge in [-0.2, -0.15) is 0 Å². The second kappa shape index (κ2) is 8.40. The summed E-state index contributed by atoms with van der Waals surface area (Å²) in [5.74, 6) is 0.0746. The minimum Gasteiger partial charge on any atom is -0.346 e. The van der Waals surface area contributed by atoms with Crippen molar-refractivity contribution in [2.75, 3.05) is 25.4 Å². The molecule has 1 aromatic heterocycles. The second-order valence-electron chi connectivity index (χ2n) is 6.52. The third kappa shape index (κ3) is 4.46. The van der Waals surface area contributed by atoms with Crippen molar-refractivity contribution >= 4 is 23.6 Å². The first-order valence-electron chi connectivity index (χ1n) is 8.83. The molecule has 3 rings (SSSR count). The Morgan fingerprint density at radius 1 is 1.23 bits per heavy atom. The van der Waals surface area contributed by atoms with E-state index in [0.717, 1.165) is 42.3 Å². The fraction of sp³-hybridized carbons (Fsp3) is 0.421. The molecule has 2 amide bonds. The number of rotatable bonds is 6. The van der Waals surface area contributed by atoms with Gasteiger partial charge >= 0.3 is 0 Å². The minimum absolute atomic E-state index is 0.00210. The molecule has 1 N–H and O–H groups in total. The Morgan fingerprint density at radius 3 is 2.77 bits per heavy atom. The van der Waals surface area contributed by atoms with Crippen molar-refractivity contribution in [1.82, 2.24) is 19.8 Å². The monoisotopic (exact) mass is 372 g/mol. The molecule has 1 aliphatic rings. The van der Waals surface area contributed by atoms with Gasteiger partial charge in [-0.25, -0.2) is 4.98 Å². The van der Waals surface area contributed by atoms with Crippen LogP contribution in [-0.2, 0) is 9.59 Å². The number of aryl methyl sites for hydroxylation is 2. The maximum absolute atomic E-state index is 12.1. The van der Waals surface area contributed by atoms with Crippen LogP contribution in [0.5, 0.6) is 0 Å². The number of carbonyl (C=O) groups excluding carboxylic acids is 2. The quantitative estimate of drug-likeness (QED) is 0.790. The lowest BCUT2D eigenvalue weighted by atomic mass is 10.1. The molecule has 1 aromatic carbocycles. The largest absolute Gasteiger partial charge is 0.346 e. The number of hydrogen-bond acceptors (Lipinski definition) is 4. The first kappa shape index (κ1) is 18.5. The SMILES string of the molecule is Cc1ccc(C)c(-n2ccnc2SCC(=O)NCC(=O)N2CCCC2)c1. The summed E-state index contributed by atoms with van der Waals surface area (Å²) < 4.78 is 2.00. The molecule has 26 heavy (non-hydrogen) atoms. The number of imidazole rings is 1. The Kier molecular flexibility index (Phi) is 5.98. The summed E-state index contributed by atoms with van der Waals surface area (Å²) in [6.45, 7) is 5.79. The van der Waals surface area contributed by atoms with E-state index in [1.807, 2.05) is 10.8 Å². The van der Waals surface area contributed by atoms with Crippen molar-refractivity contribution in [3.05, 3.63) is 41.7 Å². The van der Waals surface area contributed by atoms with E-state index in [4.69, 9.17) is 0 Å². The average Bonchev–Trinajstić information content (AvgIpc) is 3.31. The summed E-state index contributed by atoms with van der Waals surface area (Å²) in [5, 5.41) is 3.48. The third-order valence-corrected chi connectivity index (χ3v) is 5.43. The summed E-state index contributed by atoms with van der Waals surface area (Å²) in [5.41, 5.74) is 3.39. The minimum atomic E-state index is -0.155. The molecule has 0 bridgehead atoms. The van der Waals surface area contributed by atoms with Gasteiger partial charge in [-0.15, -0.1) is 0 Å². The highest BCUT2D eigenvalue weighted by atomic mass is 32.2. The Morgan fingerprint density at radius 2 is 2.00 bits per heavy atom. The number of benzene rings is 1. The van der Waals surface area contributed by atoms with Gasteiger partial charge in [0.1, 0.15) is 0 Å². The fourth-order valence-corrected chi connectivity index (χ4v) is 3.79. The highest BCUT2D eigenvalue weighted by Crippen LogP contribution is 2.23. The second-order valence-corrected chi connectivity index (χ2v) is 7.47. The van der Waals surface area contributed by atoms with Gasteiger partial charge in [0.15, 0.2) is 5.16 Å². The molecule has 0 saturated carbocycles. The van der Waals surface area contributed by atoms with E-state index in [1.165, 1.54) is 17.3 Å². The lowest BCUT2D eigenvalue weighted by Crippen LogP contribution is -2.39. The number of thioether (sulfide) groups is 1. The Hall–Kier alpha value is -2.28. The van der Waals surface area contributed by atoms with Crippen molar-refractivity contribution in [2.24, 2.45) is 0 Å². The predicted molar refractivity (Wildman–Crippen MR) is 103 cm³/mol. The van der Waals surface area contributed by atoms with Crippen LogP contribution in [0.4, 0.5) is 0 Å². The van der Waals surface area contributed by atoms with Gasteiger partial charge in [0, 0.05) is 25.5 Å². The van der Waals surface area contributed by atoms with Gasteiger partial charge in [0.2, 0.25) is 11.8 Å². The maximum atomic E-state index is 12.1. The summed E-state index contributed by atoms with van der Waals surface area (Å²) in [6, 6.07) is 6.26. The van der Waals surface area contributed by atoms with Crippen molar-refractivity contribution in [3.63, 3.8) is 0 Å². The smallest absolute Gasteiger partial charge is 0.241 e. The van der Waals surface area contributed by atoms with E-state index >= 15 is 0 Å². The third-order valence-electron chi connectivity index (χ3n) is 4.46. The molecule has 0 atom stereocenters. The van der Waals surface area contributed by atoms with E-state index in [2.05, 4.69) is 42.3 Å². The van der Waals surface area contributed by atoms with Crippen LogP contribution in [-0.4, -0.2) is 51.7 Å². The number of aromatic nitrogens is 2. The van der Waals surface area contributed by atoms with Gasteiger partial charge in [0.25, 0.3) is 0 Å². The summed E-state index contributed by atoms with van der Waals surface area (Å²) in [6.07, 6.45) is 5.74. The van der Waals surface area contributed by atoms with Gasteiger partial charge in [-0.3, -0.25) is 14.2 Å². The molecule has 2 heterocycles. The molecular weight excluding hydrogens is 348 g/mol. The zero-order chi connectivity index (χ0) is 18.5. The van der Waals surface area contributed by atoms with Crippen LogP contribution in [0.1, 0.15) is 24.0 Å². The van der Waals surface area contributed by atoms with Gasteiger partial charge in [-0.05, 0) is 43.9 Å². The molecule has 0 radical (unpaired) electrons. The zero-order valence-corrected chi connectivity index (χ0v) is 16.0. The summed E-state index contributed by atoms with van der Waals surface area (Å²) in [4.78, 5) is 30.2. The number of hydrogen-bond donors (Lipinski definition) is 1. The van der Waals surface area contributed by atoms with Gasteiger partial charge in [-0.1, -0.05) is 23.9 Å². The van der Waals surface area contributed by atoms with Crippen LogP contribution >= 0.6 is 11.8 Å². The molecule has 7 heteroatoms. The van der Waals surface area contributed by atoms with Crippen LogP contribution in [0.3, 0.4) is 0 Å². The molecule has 0 unspecified atom stereocenters. The topological polar surface area (TPSA) is 67.2 Å². The van der Waals surface area contributed by atoms with E-state index < -0.39 is 0 Å². The molecular formula is C19H24N4O2S. The molecule has 6 nitrogen and oxygen atoms in total. The van der Waals surface area contributed by atoms with Gasteiger partial charge in [0.05, 0.1) is 18.0 Å². The average molecular weight is 372 g/mol. The van der Waals surface area contributed by atoms with E-state index in [9.17, 15) is 9.59 Å². The number of amides is 2. The van der Waals surface area contributed by atoms with Crippen LogP contribution in [0.25, 0.3) is 5.69 Å². The molecule has 1 fully saturated rings. The molecule has 2 aromatic rings. The lowest BCUT2D eigenvalue weighted by molar-refractivity contribution is -0.131.